The maximum atomic E-state index is 6.14. The van der Waals surface area contributed by atoms with Gasteiger partial charge in [0, 0.05) is 26.9 Å². The molecule has 0 aliphatic heterocycles. The molecule has 2 N–H and O–H groups in total. The summed E-state index contributed by atoms with van der Waals surface area (Å²) in [4.78, 5) is 1.27. The van der Waals surface area contributed by atoms with E-state index in [0.717, 1.165) is 22.0 Å². The lowest BCUT2D eigenvalue weighted by Gasteiger charge is -2.09. The molecule has 0 aromatic heterocycles. The lowest BCUT2D eigenvalue weighted by Crippen LogP contribution is -1.93. The Balaban J connectivity index is 2.16. The number of hydrogen-bond donors (Lipinski definition) is 1. The summed E-state index contributed by atoms with van der Waals surface area (Å²) < 4.78 is 0. The molecule has 0 fully saturated rings. The monoisotopic (exact) mass is 263 g/mol. The smallest absolute Gasteiger partial charge is 0.0467 e. The fourth-order valence-corrected chi connectivity index (χ4v) is 3.02. The number of hydrogen-bond acceptors (Lipinski definition) is 2. The standard InChI is InChI=1S/C14H14ClNS/c1-10-5-2-3-8-14(10)17-9-11-12(15)6-4-7-13(11)16/h2-8H,9,16H2,1H3. The molecule has 0 saturated heterocycles. The topological polar surface area (TPSA) is 26.0 Å². The Kier molecular flexibility index (Phi) is 3.97. The molecule has 0 atom stereocenters. The minimum atomic E-state index is 0.742. The second kappa shape index (κ2) is 5.48. The van der Waals surface area contributed by atoms with Crippen LogP contribution in [0.5, 0.6) is 0 Å². The Morgan fingerprint density at radius 2 is 1.88 bits per heavy atom. The molecular weight excluding hydrogens is 250 g/mol. The number of nitrogens with two attached hydrogens (primary N) is 1. The van der Waals surface area contributed by atoms with Gasteiger partial charge in [0.15, 0.2) is 0 Å². The number of rotatable bonds is 3. The zero-order valence-corrected chi connectivity index (χ0v) is 11.2. The van der Waals surface area contributed by atoms with Crippen LogP contribution < -0.4 is 5.73 Å². The Labute approximate surface area is 111 Å². The second-order valence-electron chi connectivity index (χ2n) is 3.86. The molecule has 2 rings (SSSR count). The highest BCUT2D eigenvalue weighted by Gasteiger charge is 2.06. The van der Waals surface area contributed by atoms with Gasteiger partial charge >= 0.3 is 0 Å². The molecule has 2 aromatic carbocycles. The second-order valence-corrected chi connectivity index (χ2v) is 5.29. The van der Waals surface area contributed by atoms with Crippen LogP contribution in [-0.4, -0.2) is 0 Å². The first-order valence-electron chi connectivity index (χ1n) is 5.40. The van der Waals surface area contributed by atoms with Gasteiger partial charge in [-0.05, 0) is 30.7 Å². The molecular formula is C14H14ClNS. The van der Waals surface area contributed by atoms with E-state index in [1.165, 1.54) is 10.5 Å². The molecule has 0 saturated carbocycles. The molecule has 0 aliphatic carbocycles. The molecule has 0 heterocycles. The maximum Gasteiger partial charge on any atom is 0.0467 e. The summed E-state index contributed by atoms with van der Waals surface area (Å²) in [6.45, 7) is 2.11. The number of thioether (sulfide) groups is 1. The van der Waals surface area contributed by atoms with Crippen molar-refractivity contribution in [2.75, 3.05) is 5.73 Å². The third kappa shape index (κ3) is 2.96. The molecule has 0 unspecified atom stereocenters. The van der Waals surface area contributed by atoms with Crippen molar-refractivity contribution in [1.29, 1.82) is 0 Å². The fourth-order valence-electron chi connectivity index (χ4n) is 1.60. The summed E-state index contributed by atoms with van der Waals surface area (Å²) in [5, 5.41) is 0.742. The van der Waals surface area contributed by atoms with E-state index in [1.54, 1.807) is 11.8 Å². The largest absolute Gasteiger partial charge is 0.398 e. The van der Waals surface area contributed by atoms with Crippen LogP contribution in [-0.2, 0) is 5.75 Å². The maximum absolute atomic E-state index is 6.14. The van der Waals surface area contributed by atoms with E-state index in [0.29, 0.717) is 0 Å². The van der Waals surface area contributed by atoms with Crippen molar-refractivity contribution >= 4 is 29.1 Å². The van der Waals surface area contributed by atoms with Gasteiger partial charge in [-0.15, -0.1) is 11.8 Å². The van der Waals surface area contributed by atoms with E-state index in [-0.39, 0.29) is 0 Å². The molecule has 0 radical (unpaired) electrons. The van der Waals surface area contributed by atoms with Gasteiger partial charge in [-0.2, -0.15) is 0 Å². The van der Waals surface area contributed by atoms with Crippen molar-refractivity contribution in [1.82, 2.24) is 0 Å². The van der Waals surface area contributed by atoms with Crippen molar-refractivity contribution in [2.24, 2.45) is 0 Å². The van der Waals surface area contributed by atoms with Crippen molar-refractivity contribution in [3.63, 3.8) is 0 Å². The highest BCUT2D eigenvalue weighted by molar-refractivity contribution is 7.98. The van der Waals surface area contributed by atoms with Gasteiger partial charge in [0.2, 0.25) is 0 Å². The number of nitrogen functional groups attached to an aromatic ring is 1. The molecule has 0 aliphatic rings. The van der Waals surface area contributed by atoms with E-state index in [9.17, 15) is 0 Å². The van der Waals surface area contributed by atoms with Crippen molar-refractivity contribution < 1.29 is 0 Å². The Morgan fingerprint density at radius 3 is 2.59 bits per heavy atom. The van der Waals surface area contributed by atoms with Gasteiger partial charge in [0.1, 0.15) is 0 Å². The third-order valence-corrected chi connectivity index (χ3v) is 4.18. The normalized spacial score (nSPS) is 10.5. The van der Waals surface area contributed by atoms with Gasteiger partial charge in [0.05, 0.1) is 0 Å². The molecule has 88 valence electrons. The lowest BCUT2D eigenvalue weighted by atomic mass is 10.2. The highest BCUT2D eigenvalue weighted by Crippen LogP contribution is 2.31. The van der Waals surface area contributed by atoms with Crippen LogP contribution in [0.2, 0.25) is 5.02 Å². The predicted molar refractivity (Wildman–Crippen MR) is 76.6 cm³/mol. The molecule has 3 heteroatoms. The fraction of sp³-hybridized carbons (Fsp3) is 0.143. The summed E-state index contributed by atoms with van der Waals surface area (Å²) in [5.74, 6) is 0.802. The predicted octanol–water partition coefficient (Wildman–Crippen LogP) is 4.52. The Morgan fingerprint density at radius 1 is 1.12 bits per heavy atom. The minimum Gasteiger partial charge on any atom is -0.398 e. The zero-order chi connectivity index (χ0) is 12.3. The summed E-state index contributed by atoms with van der Waals surface area (Å²) in [7, 11) is 0. The first kappa shape index (κ1) is 12.3. The van der Waals surface area contributed by atoms with Crippen LogP contribution in [0.3, 0.4) is 0 Å². The van der Waals surface area contributed by atoms with Gasteiger partial charge in [-0.25, -0.2) is 0 Å². The van der Waals surface area contributed by atoms with Crippen molar-refractivity contribution in [3.8, 4) is 0 Å². The number of benzene rings is 2. The first-order chi connectivity index (χ1) is 8.18. The summed E-state index contributed by atoms with van der Waals surface area (Å²) in [5.41, 5.74) is 8.99. The van der Waals surface area contributed by atoms with E-state index in [4.69, 9.17) is 17.3 Å². The van der Waals surface area contributed by atoms with Crippen LogP contribution in [0.15, 0.2) is 47.4 Å². The zero-order valence-electron chi connectivity index (χ0n) is 9.61. The molecule has 1 nitrogen and oxygen atoms in total. The Hall–Kier alpha value is -1.12. The van der Waals surface area contributed by atoms with E-state index < -0.39 is 0 Å². The van der Waals surface area contributed by atoms with E-state index in [1.807, 2.05) is 30.3 Å². The van der Waals surface area contributed by atoms with Gasteiger partial charge in [-0.1, -0.05) is 35.9 Å². The van der Waals surface area contributed by atoms with E-state index >= 15 is 0 Å². The number of anilines is 1. The van der Waals surface area contributed by atoms with Crippen LogP contribution in [0, 0.1) is 6.92 Å². The van der Waals surface area contributed by atoms with Crippen molar-refractivity contribution in [2.45, 2.75) is 17.6 Å². The van der Waals surface area contributed by atoms with Gasteiger partial charge in [-0.3, -0.25) is 0 Å². The summed E-state index contributed by atoms with van der Waals surface area (Å²) in [6, 6.07) is 14.0. The quantitative estimate of drug-likeness (QED) is 0.651. The van der Waals surface area contributed by atoms with Crippen LogP contribution in [0.25, 0.3) is 0 Å². The SMILES string of the molecule is Cc1ccccc1SCc1c(N)cccc1Cl. The van der Waals surface area contributed by atoms with E-state index in [2.05, 4.69) is 19.1 Å². The lowest BCUT2D eigenvalue weighted by molar-refractivity contribution is 1.29. The number of aryl methyl sites for hydroxylation is 1. The summed E-state index contributed by atoms with van der Waals surface area (Å²) >= 11 is 7.91. The average Bonchev–Trinajstić information content (AvgIpc) is 2.30. The molecule has 2 aromatic rings. The molecule has 0 amide bonds. The molecule has 0 bridgehead atoms. The van der Waals surface area contributed by atoms with Crippen LogP contribution >= 0.6 is 23.4 Å². The highest BCUT2D eigenvalue weighted by atomic mass is 35.5. The van der Waals surface area contributed by atoms with Crippen LogP contribution in [0.1, 0.15) is 11.1 Å². The third-order valence-electron chi connectivity index (χ3n) is 2.62. The van der Waals surface area contributed by atoms with Crippen LogP contribution in [0.4, 0.5) is 5.69 Å². The molecule has 17 heavy (non-hydrogen) atoms. The minimum absolute atomic E-state index is 0.742. The number of halogens is 1. The Bertz CT molecular complexity index is 505. The van der Waals surface area contributed by atoms with Gasteiger partial charge in [0.25, 0.3) is 0 Å². The van der Waals surface area contributed by atoms with Crippen molar-refractivity contribution in [3.05, 3.63) is 58.6 Å². The first-order valence-corrected chi connectivity index (χ1v) is 6.76. The van der Waals surface area contributed by atoms with Gasteiger partial charge < -0.3 is 5.73 Å². The average molecular weight is 264 g/mol. The molecule has 0 spiro atoms. The summed E-state index contributed by atoms with van der Waals surface area (Å²) in [6.07, 6.45) is 0.